The summed E-state index contributed by atoms with van der Waals surface area (Å²) < 4.78 is 0. The Bertz CT molecular complexity index is 927. The Balaban J connectivity index is 1.65. The van der Waals surface area contributed by atoms with E-state index >= 15 is 0 Å². The lowest BCUT2D eigenvalue weighted by Crippen LogP contribution is -2.38. The highest BCUT2D eigenvalue weighted by atomic mass is 16.3. The number of benzene rings is 2. The van der Waals surface area contributed by atoms with Gasteiger partial charge in [-0.05, 0) is 42.5 Å². The van der Waals surface area contributed by atoms with Crippen molar-refractivity contribution in [2.75, 3.05) is 0 Å². The first-order valence-corrected chi connectivity index (χ1v) is 10.2. The lowest BCUT2D eigenvalue weighted by Gasteiger charge is -2.32. The number of phenols is 1. The van der Waals surface area contributed by atoms with Gasteiger partial charge in [0, 0.05) is 12.5 Å². The third-order valence-corrected chi connectivity index (χ3v) is 5.95. The van der Waals surface area contributed by atoms with Crippen LogP contribution < -0.4 is 0 Å². The number of nitrogens with zero attached hydrogens (tertiary/aromatic N) is 1. The monoisotopic (exact) mass is 391 g/mol. The second-order valence-electron chi connectivity index (χ2n) is 7.82. The van der Waals surface area contributed by atoms with Crippen molar-refractivity contribution in [3.8, 4) is 5.75 Å². The van der Waals surface area contributed by atoms with E-state index < -0.39 is 17.7 Å². The largest absolute Gasteiger partial charge is 0.508 e. The number of aliphatic hydroxyl groups excluding tert-OH is 1. The molecule has 0 spiro atoms. The molecule has 5 heteroatoms. The van der Waals surface area contributed by atoms with Crippen LogP contribution in [-0.2, 0) is 16.0 Å². The number of carbonyl (C=O) groups excluding carboxylic acids is 2. The average Bonchev–Trinajstić information content (AvgIpc) is 3.35. The molecule has 2 N–H and O–H groups in total. The Morgan fingerprint density at radius 3 is 2.28 bits per heavy atom. The Morgan fingerprint density at radius 2 is 1.62 bits per heavy atom. The van der Waals surface area contributed by atoms with Crippen molar-refractivity contribution in [3.05, 3.63) is 77.1 Å². The lowest BCUT2D eigenvalue weighted by atomic mass is 9.92. The Morgan fingerprint density at radius 1 is 0.966 bits per heavy atom. The van der Waals surface area contributed by atoms with Gasteiger partial charge in [-0.25, -0.2) is 0 Å². The van der Waals surface area contributed by atoms with Crippen molar-refractivity contribution in [1.82, 2.24) is 4.90 Å². The van der Waals surface area contributed by atoms with Gasteiger partial charge in [0.05, 0.1) is 11.6 Å². The van der Waals surface area contributed by atoms with Crippen LogP contribution >= 0.6 is 0 Å². The van der Waals surface area contributed by atoms with Crippen LogP contribution in [0.25, 0.3) is 0 Å². The van der Waals surface area contributed by atoms with Gasteiger partial charge in [0.25, 0.3) is 5.91 Å². The van der Waals surface area contributed by atoms with Gasteiger partial charge in [-0.2, -0.15) is 0 Å². The van der Waals surface area contributed by atoms with Crippen molar-refractivity contribution in [1.29, 1.82) is 0 Å². The number of rotatable bonds is 6. The maximum Gasteiger partial charge on any atom is 0.290 e. The molecule has 1 saturated carbocycles. The topological polar surface area (TPSA) is 77.8 Å². The minimum absolute atomic E-state index is 0.0166. The molecule has 2 aromatic carbocycles. The summed E-state index contributed by atoms with van der Waals surface area (Å²) in [6, 6.07) is 15.7. The molecule has 2 aliphatic rings. The van der Waals surface area contributed by atoms with Crippen molar-refractivity contribution >= 4 is 11.7 Å². The van der Waals surface area contributed by atoms with E-state index in [0.717, 1.165) is 36.8 Å². The first kappa shape index (κ1) is 19.2. The van der Waals surface area contributed by atoms with Crippen LogP contribution in [0.4, 0.5) is 0 Å². The van der Waals surface area contributed by atoms with Crippen LogP contribution in [0.1, 0.15) is 49.3 Å². The molecule has 150 valence electrons. The first-order chi connectivity index (χ1) is 14.1. The molecule has 1 aliphatic carbocycles. The maximum atomic E-state index is 13.1. The molecular formula is C24H25NO4. The van der Waals surface area contributed by atoms with Crippen molar-refractivity contribution in [3.63, 3.8) is 0 Å². The van der Waals surface area contributed by atoms with E-state index in [9.17, 15) is 19.8 Å². The van der Waals surface area contributed by atoms with E-state index in [-0.39, 0.29) is 29.6 Å². The van der Waals surface area contributed by atoms with Gasteiger partial charge in [-0.3, -0.25) is 9.59 Å². The quantitative estimate of drug-likeness (QED) is 0.772. The number of hydrogen-bond acceptors (Lipinski definition) is 4. The number of hydrogen-bond donors (Lipinski definition) is 2. The molecule has 1 aliphatic heterocycles. The molecule has 1 unspecified atom stereocenters. The van der Waals surface area contributed by atoms with Crippen LogP contribution in [0.3, 0.4) is 0 Å². The van der Waals surface area contributed by atoms with Crippen molar-refractivity contribution < 1.29 is 19.8 Å². The summed E-state index contributed by atoms with van der Waals surface area (Å²) in [5.74, 6) is -0.972. The smallest absolute Gasteiger partial charge is 0.290 e. The van der Waals surface area contributed by atoms with Crippen molar-refractivity contribution in [2.45, 2.75) is 50.6 Å². The first-order valence-electron chi connectivity index (χ1n) is 10.2. The van der Waals surface area contributed by atoms with E-state index in [4.69, 9.17) is 0 Å². The number of amides is 1. The van der Waals surface area contributed by atoms with E-state index in [0.29, 0.717) is 6.42 Å². The fourth-order valence-electron chi connectivity index (χ4n) is 4.49. The Hall–Kier alpha value is -3.08. The second-order valence-corrected chi connectivity index (χ2v) is 7.82. The molecule has 1 fully saturated rings. The van der Waals surface area contributed by atoms with Gasteiger partial charge in [0.15, 0.2) is 11.5 Å². The van der Waals surface area contributed by atoms with Crippen LogP contribution in [0, 0.1) is 0 Å². The molecule has 0 saturated heterocycles. The number of carbonyl (C=O) groups is 2. The molecule has 1 heterocycles. The van der Waals surface area contributed by atoms with E-state index in [1.807, 2.05) is 30.3 Å². The van der Waals surface area contributed by atoms with E-state index in [1.165, 1.54) is 0 Å². The summed E-state index contributed by atoms with van der Waals surface area (Å²) in [5.41, 5.74) is 1.96. The lowest BCUT2D eigenvalue weighted by molar-refractivity contribution is -0.131. The predicted octanol–water partition coefficient (Wildman–Crippen LogP) is 4.23. The van der Waals surface area contributed by atoms with E-state index in [1.54, 1.807) is 29.2 Å². The Labute approximate surface area is 170 Å². The molecule has 1 amide bonds. The fourth-order valence-corrected chi connectivity index (χ4v) is 4.49. The maximum absolute atomic E-state index is 13.1. The number of aliphatic hydroxyl groups is 1. The van der Waals surface area contributed by atoms with Crippen molar-refractivity contribution in [2.24, 2.45) is 0 Å². The number of aromatic hydroxyl groups is 1. The van der Waals surface area contributed by atoms with Gasteiger partial charge < -0.3 is 15.1 Å². The zero-order chi connectivity index (χ0) is 20.4. The summed E-state index contributed by atoms with van der Waals surface area (Å²) in [6.45, 7) is 0. The zero-order valence-corrected chi connectivity index (χ0v) is 16.3. The number of aryl methyl sites for hydroxylation is 1. The van der Waals surface area contributed by atoms with Gasteiger partial charge in [0.1, 0.15) is 5.75 Å². The molecule has 0 radical (unpaired) electrons. The molecule has 2 aromatic rings. The molecule has 0 bridgehead atoms. The highest BCUT2D eigenvalue weighted by Gasteiger charge is 2.46. The molecule has 29 heavy (non-hydrogen) atoms. The second kappa shape index (κ2) is 8.11. The normalized spacial score (nSPS) is 19.9. The molecule has 0 aromatic heterocycles. The summed E-state index contributed by atoms with van der Waals surface area (Å²) >= 11 is 0. The SMILES string of the molecule is O=C(CCc1ccccc1)C1=C(O)C(=O)N(C2CCCC2)C1c1ccc(O)cc1. The average molecular weight is 391 g/mol. The standard InChI is InChI=1S/C24H25NO4/c26-19-13-11-17(12-14-19)22-21(20(27)15-10-16-6-2-1-3-7-16)23(28)24(29)25(22)18-8-4-5-9-18/h1-3,6-7,11-14,18,22,26,28H,4-5,8-10,15H2. The summed E-state index contributed by atoms with van der Waals surface area (Å²) in [6.07, 6.45) is 4.60. The third-order valence-electron chi connectivity index (χ3n) is 5.95. The number of ketones is 1. The summed E-state index contributed by atoms with van der Waals surface area (Å²) in [7, 11) is 0. The highest BCUT2D eigenvalue weighted by molar-refractivity contribution is 6.09. The van der Waals surface area contributed by atoms with Gasteiger partial charge in [0.2, 0.25) is 0 Å². The number of Topliss-reactive ketones (excluding diaryl/α,β-unsaturated/α-hetero) is 1. The molecule has 4 rings (SSSR count). The van der Waals surface area contributed by atoms with Crippen LogP contribution in [0.15, 0.2) is 65.9 Å². The number of phenolic OH excluding ortho intramolecular Hbond substituents is 1. The minimum atomic E-state index is -0.602. The van der Waals surface area contributed by atoms with Crippen LogP contribution in [0.5, 0.6) is 5.75 Å². The summed E-state index contributed by atoms with van der Waals surface area (Å²) in [4.78, 5) is 27.8. The van der Waals surface area contributed by atoms with Gasteiger partial charge >= 0.3 is 0 Å². The third kappa shape index (κ3) is 3.77. The molecular weight excluding hydrogens is 366 g/mol. The Kier molecular flexibility index (Phi) is 5.38. The zero-order valence-electron chi connectivity index (χ0n) is 16.3. The predicted molar refractivity (Wildman–Crippen MR) is 109 cm³/mol. The van der Waals surface area contributed by atoms with E-state index in [2.05, 4.69) is 0 Å². The fraction of sp³-hybridized carbons (Fsp3) is 0.333. The summed E-state index contributed by atoms with van der Waals surface area (Å²) in [5, 5.41) is 20.3. The van der Waals surface area contributed by atoms with Gasteiger partial charge in [-0.1, -0.05) is 55.3 Å². The molecule has 1 atom stereocenters. The van der Waals surface area contributed by atoms with Crippen LogP contribution in [0.2, 0.25) is 0 Å². The minimum Gasteiger partial charge on any atom is -0.508 e. The van der Waals surface area contributed by atoms with Crippen LogP contribution in [-0.4, -0.2) is 32.8 Å². The molecule has 5 nitrogen and oxygen atoms in total. The van der Waals surface area contributed by atoms with Gasteiger partial charge in [-0.15, -0.1) is 0 Å². The highest BCUT2D eigenvalue weighted by Crippen LogP contribution is 2.43.